The van der Waals surface area contributed by atoms with Crippen molar-refractivity contribution < 1.29 is 32.6 Å². The second kappa shape index (κ2) is 8.83. The summed E-state index contributed by atoms with van der Waals surface area (Å²) < 4.78 is 48.3. The molecule has 0 saturated heterocycles. The van der Waals surface area contributed by atoms with E-state index in [0.717, 1.165) is 35.3 Å². The number of rotatable bonds is 6. The summed E-state index contributed by atoms with van der Waals surface area (Å²) in [7, 11) is 0. The Kier molecular flexibility index (Phi) is 6.38. The molecule has 8 heteroatoms. The highest BCUT2D eigenvalue weighted by Crippen LogP contribution is 2.37. The number of phenolic OH excluding ortho intramolecular Hbond substituents is 1. The number of nitrogens with zero attached hydrogens (tertiary/aromatic N) is 1. The van der Waals surface area contributed by atoms with Gasteiger partial charge >= 0.3 is 5.97 Å². The van der Waals surface area contributed by atoms with Crippen molar-refractivity contribution in [2.24, 2.45) is 0 Å². The molecule has 1 aromatic heterocycles. The molecule has 5 nitrogen and oxygen atoms in total. The Labute approximate surface area is 177 Å². The maximum Gasteiger partial charge on any atom is 0.313 e. The van der Waals surface area contributed by atoms with Crippen LogP contribution in [0.1, 0.15) is 54.2 Å². The first-order valence-corrected chi connectivity index (χ1v) is 9.87. The monoisotopic (exact) mass is 433 g/mol. The molecule has 2 aromatic carbocycles. The number of aromatic nitrogens is 1. The van der Waals surface area contributed by atoms with Crippen molar-refractivity contribution in [1.29, 1.82) is 0 Å². The minimum absolute atomic E-state index is 0.0886. The lowest BCUT2D eigenvalue weighted by molar-refractivity contribution is -0.145. The lowest BCUT2D eigenvalue weighted by Crippen LogP contribution is -2.17. The first-order valence-electron chi connectivity index (χ1n) is 9.87. The highest BCUT2D eigenvalue weighted by atomic mass is 19.2. The van der Waals surface area contributed by atoms with E-state index < -0.39 is 41.0 Å². The van der Waals surface area contributed by atoms with Crippen molar-refractivity contribution in [3.63, 3.8) is 0 Å². The second-order valence-corrected chi connectivity index (χ2v) is 7.30. The molecule has 0 aliphatic carbocycles. The van der Waals surface area contributed by atoms with Crippen molar-refractivity contribution in [3.8, 4) is 5.75 Å². The Hall–Kier alpha value is -3.29. The van der Waals surface area contributed by atoms with E-state index in [9.17, 15) is 27.9 Å². The third-order valence-electron chi connectivity index (χ3n) is 5.23. The number of esters is 1. The fraction of sp³-hybridized carbons (Fsp3) is 0.304. The van der Waals surface area contributed by atoms with Crippen LogP contribution in [0.3, 0.4) is 0 Å². The van der Waals surface area contributed by atoms with Gasteiger partial charge in [0, 0.05) is 16.6 Å². The average Bonchev–Trinajstić information content (AvgIpc) is 3.04. The Bertz CT molecular complexity index is 1170. The number of benzene rings is 2. The molecule has 0 radical (unpaired) electrons. The van der Waals surface area contributed by atoms with Crippen LogP contribution in [0.25, 0.3) is 10.9 Å². The molecule has 1 heterocycles. The molecule has 0 saturated carbocycles. The van der Waals surface area contributed by atoms with Crippen LogP contribution in [0.5, 0.6) is 5.75 Å². The normalized spacial score (nSPS) is 12.2. The third-order valence-corrected chi connectivity index (χ3v) is 5.23. The van der Waals surface area contributed by atoms with Gasteiger partial charge in [-0.1, -0.05) is 13.3 Å². The van der Waals surface area contributed by atoms with Gasteiger partial charge in [-0.2, -0.15) is 0 Å². The number of halogens is 3. The number of carbonyl (C=O) groups excluding carboxylic acids is 2. The summed E-state index contributed by atoms with van der Waals surface area (Å²) in [5.41, 5.74) is 0.345. The number of hydrogen-bond acceptors (Lipinski definition) is 4. The van der Waals surface area contributed by atoms with Crippen LogP contribution in [0.2, 0.25) is 0 Å². The minimum Gasteiger partial charge on any atom is -0.505 e. The number of unbranched alkanes of at least 4 members (excludes halogenated alkanes) is 1. The quantitative estimate of drug-likeness (QED) is 0.428. The summed E-state index contributed by atoms with van der Waals surface area (Å²) >= 11 is 0. The van der Waals surface area contributed by atoms with Crippen LogP contribution < -0.4 is 0 Å². The van der Waals surface area contributed by atoms with Gasteiger partial charge in [0.2, 0.25) is 0 Å². The highest BCUT2D eigenvalue weighted by Gasteiger charge is 2.30. The molecule has 31 heavy (non-hydrogen) atoms. The Morgan fingerprint density at radius 3 is 2.48 bits per heavy atom. The topological polar surface area (TPSA) is 68.5 Å². The summed E-state index contributed by atoms with van der Waals surface area (Å²) in [5.74, 6) is -6.20. The van der Waals surface area contributed by atoms with Crippen LogP contribution in [0, 0.1) is 24.4 Å². The van der Waals surface area contributed by atoms with Crippen LogP contribution >= 0.6 is 0 Å². The standard InChI is InChI=1S/C23H22F3NO4/c1-4-5-10-31-23(30)12(2)19-13(3)27(17-8-9-18(28)21(26)20(17)19)22(29)14-6-7-15(24)16(25)11-14/h6-9,11-12,28H,4-5,10H2,1-3H3. The summed E-state index contributed by atoms with van der Waals surface area (Å²) in [6.07, 6.45) is 1.49. The van der Waals surface area contributed by atoms with E-state index in [1.165, 1.54) is 19.9 Å². The number of phenols is 1. The molecule has 0 aliphatic heterocycles. The van der Waals surface area contributed by atoms with Crippen LogP contribution in [0.15, 0.2) is 30.3 Å². The van der Waals surface area contributed by atoms with Gasteiger partial charge in [0.05, 0.1) is 18.0 Å². The van der Waals surface area contributed by atoms with Gasteiger partial charge in [-0.15, -0.1) is 0 Å². The summed E-state index contributed by atoms with van der Waals surface area (Å²) in [6, 6.07) is 5.11. The molecular formula is C23H22F3NO4. The molecule has 1 unspecified atom stereocenters. The predicted molar refractivity (Wildman–Crippen MR) is 109 cm³/mol. The summed E-state index contributed by atoms with van der Waals surface area (Å²) in [6.45, 7) is 5.18. The molecule has 164 valence electrons. The maximum absolute atomic E-state index is 14.9. The zero-order valence-corrected chi connectivity index (χ0v) is 17.3. The number of ether oxygens (including phenoxy) is 1. The summed E-state index contributed by atoms with van der Waals surface area (Å²) in [4.78, 5) is 25.7. The second-order valence-electron chi connectivity index (χ2n) is 7.30. The molecule has 0 fully saturated rings. The number of hydrogen-bond donors (Lipinski definition) is 1. The van der Waals surface area contributed by atoms with Gasteiger partial charge in [0.15, 0.2) is 23.2 Å². The number of carbonyl (C=O) groups is 2. The predicted octanol–water partition coefficient (Wildman–Crippen LogP) is 5.21. The van der Waals surface area contributed by atoms with Gasteiger partial charge in [0.1, 0.15) is 0 Å². The number of fused-ring (bicyclic) bond motifs is 1. The maximum atomic E-state index is 14.9. The van der Waals surface area contributed by atoms with E-state index in [1.54, 1.807) is 0 Å². The molecule has 3 aromatic rings. The largest absolute Gasteiger partial charge is 0.505 e. The lowest BCUT2D eigenvalue weighted by Gasteiger charge is -2.13. The third kappa shape index (κ3) is 4.02. The van der Waals surface area contributed by atoms with Gasteiger partial charge < -0.3 is 9.84 Å². The molecule has 0 bridgehead atoms. The Balaban J connectivity index is 2.18. The Morgan fingerprint density at radius 1 is 1.13 bits per heavy atom. The molecule has 1 N–H and O–H groups in total. The van der Waals surface area contributed by atoms with E-state index >= 15 is 0 Å². The van der Waals surface area contributed by atoms with E-state index in [0.29, 0.717) is 6.42 Å². The highest BCUT2D eigenvalue weighted by molar-refractivity contribution is 6.05. The zero-order valence-electron chi connectivity index (χ0n) is 17.3. The fourth-order valence-corrected chi connectivity index (χ4v) is 3.59. The Morgan fingerprint density at radius 2 is 1.84 bits per heavy atom. The van der Waals surface area contributed by atoms with E-state index in [1.807, 2.05) is 6.92 Å². The molecule has 0 aliphatic rings. The van der Waals surface area contributed by atoms with Gasteiger partial charge in [0.25, 0.3) is 5.91 Å². The van der Waals surface area contributed by atoms with Gasteiger partial charge in [-0.3, -0.25) is 14.2 Å². The van der Waals surface area contributed by atoms with Crippen LogP contribution in [-0.2, 0) is 9.53 Å². The fourth-order valence-electron chi connectivity index (χ4n) is 3.59. The molecule has 0 spiro atoms. The SMILES string of the molecule is CCCCOC(=O)C(C)c1c(C)n(C(=O)c2ccc(F)c(F)c2)c2ccc(O)c(F)c12. The van der Waals surface area contributed by atoms with Crippen LogP contribution in [-0.4, -0.2) is 28.2 Å². The molecular weight excluding hydrogens is 411 g/mol. The average molecular weight is 433 g/mol. The summed E-state index contributed by atoms with van der Waals surface area (Å²) in [5, 5.41) is 9.78. The smallest absolute Gasteiger partial charge is 0.313 e. The van der Waals surface area contributed by atoms with Crippen molar-refractivity contribution >= 4 is 22.8 Å². The molecule has 1 atom stereocenters. The first kappa shape index (κ1) is 22.4. The van der Waals surface area contributed by atoms with E-state index in [-0.39, 0.29) is 34.3 Å². The molecule has 0 amide bonds. The van der Waals surface area contributed by atoms with Crippen molar-refractivity contribution in [3.05, 3.63) is 64.6 Å². The van der Waals surface area contributed by atoms with Crippen molar-refractivity contribution in [2.45, 2.75) is 39.5 Å². The van der Waals surface area contributed by atoms with Crippen molar-refractivity contribution in [2.75, 3.05) is 6.61 Å². The number of aromatic hydroxyl groups is 1. The van der Waals surface area contributed by atoms with E-state index in [2.05, 4.69) is 0 Å². The van der Waals surface area contributed by atoms with Gasteiger partial charge in [-0.25, -0.2) is 13.2 Å². The first-order chi connectivity index (χ1) is 14.7. The van der Waals surface area contributed by atoms with Crippen molar-refractivity contribution in [1.82, 2.24) is 4.57 Å². The van der Waals surface area contributed by atoms with E-state index in [4.69, 9.17) is 4.74 Å². The van der Waals surface area contributed by atoms with Crippen LogP contribution in [0.4, 0.5) is 13.2 Å². The lowest BCUT2D eigenvalue weighted by atomic mass is 9.97. The van der Waals surface area contributed by atoms with Gasteiger partial charge in [-0.05, 0) is 56.2 Å². The zero-order chi connectivity index (χ0) is 22.9. The molecule has 3 rings (SSSR count). The minimum atomic E-state index is -1.20.